The molecule has 0 heterocycles. The maximum Gasteiger partial charge on any atom is 0.130 e. The van der Waals surface area contributed by atoms with E-state index in [9.17, 15) is 8.78 Å². The molecule has 0 atom stereocenters. The lowest BCUT2D eigenvalue weighted by molar-refractivity contribution is 0.560. The molecular weight excluding hydrogens is 291 g/mol. The number of halogens is 4. The molecule has 2 aromatic rings. The highest BCUT2D eigenvalue weighted by Crippen LogP contribution is 2.25. The van der Waals surface area contributed by atoms with Crippen LogP contribution in [-0.4, -0.2) is 0 Å². The second kappa shape index (κ2) is 6.33. The van der Waals surface area contributed by atoms with Crippen LogP contribution in [0.15, 0.2) is 36.4 Å². The van der Waals surface area contributed by atoms with Gasteiger partial charge in [-0.25, -0.2) is 8.78 Å². The van der Waals surface area contributed by atoms with Crippen molar-refractivity contribution in [1.29, 1.82) is 0 Å². The van der Waals surface area contributed by atoms with Gasteiger partial charge in [0.25, 0.3) is 0 Å². The van der Waals surface area contributed by atoms with Crippen molar-refractivity contribution in [2.24, 2.45) is 0 Å². The lowest BCUT2D eigenvalue weighted by atomic mass is 10.2. The monoisotopic (exact) mass is 301 g/mol. The fourth-order valence-corrected chi connectivity index (χ4v) is 2.07. The molecule has 0 radical (unpaired) electrons. The van der Waals surface area contributed by atoms with E-state index < -0.39 is 11.6 Å². The predicted molar refractivity (Wildman–Crippen MR) is 73.4 cm³/mol. The summed E-state index contributed by atoms with van der Waals surface area (Å²) in [5.41, 5.74) is 1.23. The van der Waals surface area contributed by atoms with Gasteiger partial charge in [-0.1, -0.05) is 41.4 Å². The molecule has 2 aromatic carbocycles. The fraction of sp³-hybridized carbons (Fsp3) is 0.143. The molecular formula is C14H11Cl2F2N. The zero-order valence-electron chi connectivity index (χ0n) is 9.89. The Morgan fingerprint density at radius 1 is 0.947 bits per heavy atom. The standard InChI is InChI=1S/C14H11Cl2F2N/c15-12-3-1-2-10(14(12)16)8-19-7-9-4-5-11(17)6-13(9)18/h1-6,19H,7-8H2. The second-order valence-corrected chi connectivity index (χ2v) is 4.84. The molecule has 0 bridgehead atoms. The van der Waals surface area contributed by atoms with E-state index in [0.29, 0.717) is 22.2 Å². The number of rotatable bonds is 4. The molecule has 0 aliphatic carbocycles. The number of hydrogen-bond donors (Lipinski definition) is 1. The highest BCUT2D eigenvalue weighted by Gasteiger charge is 2.06. The Morgan fingerprint density at radius 3 is 2.42 bits per heavy atom. The van der Waals surface area contributed by atoms with Crippen LogP contribution in [0.25, 0.3) is 0 Å². The summed E-state index contributed by atoms with van der Waals surface area (Å²) in [7, 11) is 0. The van der Waals surface area contributed by atoms with Crippen molar-refractivity contribution in [1.82, 2.24) is 5.32 Å². The van der Waals surface area contributed by atoms with Crippen molar-refractivity contribution < 1.29 is 8.78 Å². The molecule has 5 heteroatoms. The average molecular weight is 302 g/mol. The van der Waals surface area contributed by atoms with Gasteiger partial charge < -0.3 is 5.32 Å². The largest absolute Gasteiger partial charge is 0.308 e. The van der Waals surface area contributed by atoms with E-state index in [1.807, 2.05) is 6.07 Å². The van der Waals surface area contributed by atoms with E-state index in [-0.39, 0.29) is 6.54 Å². The summed E-state index contributed by atoms with van der Waals surface area (Å²) in [5.74, 6) is -1.15. The van der Waals surface area contributed by atoms with Gasteiger partial charge in [-0.3, -0.25) is 0 Å². The van der Waals surface area contributed by atoms with Gasteiger partial charge in [0.15, 0.2) is 0 Å². The SMILES string of the molecule is Fc1ccc(CNCc2cccc(Cl)c2Cl)c(F)c1. The topological polar surface area (TPSA) is 12.0 Å². The molecule has 0 fully saturated rings. The van der Waals surface area contributed by atoms with Gasteiger partial charge in [0.05, 0.1) is 10.0 Å². The molecule has 0 spiro atoms. The van der Waals surface area contributed by atoms with Crippen LogP contribution >= 0.6 is 23.2 Å². The van der Waals surface area contributed by atoms with Crippen LogP contribution in [0.1, 0.15) is 11.1 Å². The normalized spacial score (nSPS) is 10.7. The molecule has 0 saturated heterocycles. The predicted octanol–water partition coefficient (Wildman–Crippen LogP) is 4.56. The highest BCUT2D eigenvalue weighted by molar-refractivity contribution is 6.42. The van der Waals surface area contributed by atoms with Crippen LogP contribution in [0.4, 0.5) is 8.78 Å². The van der Waals surface area contributed by atoms with Crippen molar-refractivity contribution in [3.8, 4) is 0 Å². The summed E-state index contributed by atoms with van der Waals surface area (Å²) < 4.78 is 26.1. The van der Waals surface area contributed by atoms with Gasteiger partial charge in [-0.2, -0.15) is 0 Å². The molecule has 19 heavy (non-hydrogen) atoms. The van der Waals surface area contributed by atoms with Crippen LogP contribution in [0.3, 0.4) is 0 Å². The summed E-state index contributed by atoms with van der Waals surface area (Å²) in [6.07, 6.45) is 0. The summed E-state index contributed by atoms with van der Waals surface area (Å²) in [5, 5.41) is 4.00. The van der Waals surface area contributed by atoms with E-state index in [1.54, 1.807) is 12.1 Å². The van der Waals surface area contributed by atoms with Crippen LogP contribution in [0.2, 0.25) is 10.0 Å². The van der Waals surface area contributed by atoms with E-state index >= 15 is 0 Å². The van der Waals surface area contributed by atoms with Crippen LogP contribution in [0.5, 0.6) is 0 Å². The van der Waals surface area contributed by atoms with Crippen LogP contribution < -0.4 is 5.32 Å². The third kappa shape index (κ3) is 3.66. The summed E-state index contributed by atoms with van der Waals surface area (Å²) >= 11 is 11.9. The number of benzene rings is 2. The molecule has 0 aliphatic heterocycles. The molecule has 0 saturated carbocycles. The lowest BCUT2D eigenvalue weighted by Gasteiger charge is -2.08. The van der Waals surface area contributed by atoms with Gasteiger partial charge in [0.1, 0.15) is 11.6 Å². The first kappa shape index (κ1) is 14.3. The van der Waals surface area contributed by atoms with Gasteiger partial charge in [0.2, 0.25) is 0 Å². The molecule has 0 aromatic heterocycles. The van der Waals surface area contributed by atoms with E-state index in [4.69, 9.17) is 23.2 Å². The maximum atomic E-state index is 13.4. The quantitative estimate of drug-likeness (QED) is 0.873. The third-order valence-electron chi connectivity index (χ3n) is 2.68. The minimum Gasteiger partial charge on any atom is -0.308 e. The van der Waals surface area contributed by atoms with Crippen molar-refractivity contribution in [3.05, 3.63) is 69.2 Å². The molecule has 100 valence electrons. The molecule has 1 nitrogen and oxygen atoms in total. The third-order valence-corrected chi connectivity index (χ3v) is 3.54. The van der Waals surface area contributed by atoms with Gasteiger partial charge in [-0.15, -0.1) is 0 Å². The van der Waals surface area contributed by atoms with Crippen molar-refractivity contribution >= 4 is 23.2 Å². The van der Waals surface area contributed by atoms with Crippen LogP contribution in [-0.2, 0) is 13.1 Å². The maximum absolute atomic E-state index is 13.4. The van der Waals surface area contributed by atoms with Gasteiger partial charge >= 0.3 is 0 Å². The Hall–Kier alpha value is -1.16. The highest BCUT2D eigenvalue weighted by atomic mass is 35.5. The van der Waals surface area contributed by atoms with Crippen molar-refractivity contribution in [3.63, 3.8) is 0 Å². The first-order valence-electron chi connectivity index (χ1n) is 5.65. The van der Waals surface area contributed by atoms with E-state index in [2.05, 4.69) is 5.32 Å². The van der Waals surface area contributed by atoms with Gasteiger partial charge in [0, 0.05) is 24.7 Å². The zero-order chi connectivity index (χ0) is 13.8. The Bertz CT molecular complexity index is 588. The van der Waals surface area contributed by atoms with Crippen molar-refractivity contribution in [2.45, 2.75) is 13.1 Å². The minimum atomic E-state index is -0.584. The van der Waals surface area contributed by atoms with Crippen molar-refractivity contribution in [2.75, 3.05) is 0 Å². The number of hydrogen-bond acceptors (Lipinski definition) is 1. The Labute approximate surface area is 120 Å². The average Bonchev–Trinajstić information content (AvgIpc) is 2.37. The second-order valence-electron chi connectivity index (χ2n) is 4.05. The fourth-order valence-electron chi connectivity index (χ4n) is 1.68. The Balaban J connectivity index is 1.98. The lowest BCUT2D eigenvalue weighted by Crippen LogP contribution is -2.14. The molecule has 0 amide bonds. The van der Waals surface area contributed by atoms with E-state index in [1.165, 1.54) is 12.1 Å². The van der Waals surface area contributed by atoms with Crippen LogP contribution in [0, 0.1) is 11.6 Å². The smallest absolute Gasteiger partial charge is 0.130 e. The molecule has 0 unspecified atom stereocenters. The van der Waals surface area contributed by atoms with Gasteiger partial charge in [-0.05, 0) is 17.7 Å². The summed E-state index contributed by atoms with van der Waals surface area (Å²) in [6, 6.07) is 8.84. The summed E-state index contributed by atoms with van der Waals surface area (Å²) in [6.45, 7) is 0.741. The van der Waals surface area contributed by atoms with E-state index in [0.717, 1.165) is 11.6 Å². The minimum absolute atomic E-state index is 0.287. The zero-order valence-corrected chi connectivity index (χ0v) is 11.4. The molecule has 2 rings (SSSR count). The number of nitrogens with one attached hydrogen (secondary N) is 1. The first-order valence-corrected chi connectivity index (χ1v) is 6.41. The molecule has 0 aliphatic rings. The Morgan fingerprint density at radius 2 is 1.68 bits per heavy atom. The first-order chi connectivity index (χ1) is 9.08. The Kier molecular flexibility index (Phi) is 4.75. The molecule has 1 N–H and O–H groups in total. The summed E-state index contributed by atoms with van der Waals surface area (Å²) in [4.78, 5) is 0.